The predicted octanol–water partition coefficient (Wildman–Crippen LogP) is 8.26. The Morgan fingerprint density at radius 2 is 1.19 bits per heavy atom. The number of aromatic nitrogens is 2. The molecular formula is C53H73N9O8. The summed E-state index contributed by atoms with van der Waals surface area (Å²) < 4.78 is 3.38. The van der Waals surface area contributed by atoms with Gasteiger partial charge in [0.2, 0.25) is 35.4 Å². The molecule has 1 aliphatic rings. The monoisotopic (exact) mass is 964 g/mol. The minimum absolute atomic E-state index is 0.0786. The molecule has 378 valence electrons. The molecule has 8 amide bonds. The molecule has 0 bridgehead atoms. The molecule has 1 saturated heterocycles. The fraction of sp³-hybridized carbons (Fsp3) is 0.472. The number of hydrogen-bond acceptors (Lipinski definition) is 8. The number of carbonyl (C=O) groups is 8. The zero-order valence-corrected chi connectivity index (χ0v) is 42.3. The third-order valence-electron chi connectivity index (χ3n) is 12.0. The van der Waals surface area contributed by atoms with Crippen LogP contribution >= 0.6 is 0 Å². The zero-order chi connectivity index (χ0) is 51.5. The normalized spacial score (nSPS) is 14.0. The second kappa shape index (κ2) is 27.2. The average molecular weight is 964 g/mol. The molecule has 0 spiro atoms. The van der Waals surface area contributed by atoms with Gasteiger partial charge in [0.05, 0.1) is 12.2 Å². The Morgan fingerprint density at radius 1 is 0.629 bits per heavy atom. The number of aryl methyl sites for hydroxylation is 2. The lowest BCUT2D eigenvalue weighted by Crippen LogP contribution is -2.45. The maximum absolute atomic E-state index is 13.3. The van der Waals surface area contributed by atoms with Crippen molar-refractivity contribution in [2.75, 3.05) is 34.4 Å². The van der Waals surface area contributed by atoms with E-state index in [4.69, 9.17) is 0 Å². The van der Waals surface area contributed by atoms with Gasteiger partial charge in [-0.3, -0.25) is 43.3 Å². The molecule has 1 aliphatic heterocycles. The van der Waals surface area contributed by atoms with Crippen LogP contribution in [0.15, 0.2) is 73.1 Å². The molecule has 17 nitrogen and oxygen atoms in total. The van der Waals surface area contributed by atoms with E-state index < -0.39 is 17.9 Å². The highest BCUT2D eigenvalue weighted by molar-refractivity contribution is 6.06. The average Bonchev–Trinajstić information content (AvgIpc) is 3.99. The number of likely N-dealkylation sites (tertiary alicyclic amines) is 1. The highest BCUT2D eigenvalue weighted by Crippen LogP contribution is 2.28. The van der Waals surface area contributed by atoms with Crippen molar-refractivity contribution < 1.29 is 38.4 Å². The summed E-state index contributed by atoms with van der Waals surface area (Å²) in [6, 6.07) is 16.3. The van der Waals surface area contributed by atoms with E-state index in [1.807, 2.05) is 32.2 Å². The molecule has 6 N–H and O–H groups in total. The second-order valence-corrected chi connectivity index (χ2v) is 18.5. The molecule has 5 rings (SSSR count). The molecule has 0 radical (unpaired) electrons. The second-order valence-electron chi connectivity index (χ2n) is 18.5. The van der Waals surface area contributed by atoms with E-state index in [1.165, 1.54) is 18.2 Å². The van der Waals surface area contributed by atoms with E-state index in [1.54, 1.807) is 78.0 Å². The Labute approximate surface area is 412 Å². The van der Waals surface area contributed by atoms with Crippen molar-refractivity contribution in [2.24, 2.45) is 31.8 Å². The van der Waals surface area contributed by atoms with Crippen LogP contribution in [0.25, 0.3) is 11.1 Å². The largest absolute Gasteiger partial charge is 0.347 e. The number of benzene rings is 2. The Kier molecular flexibility index (Phi) is 21.6. The minimum Gasteiger partial charge on any atom is -0.347 e. The van der Waals surface area contributed by atoms with Gasteiger partial charge in [-0.05, 0) is 92.1 Å². The molecule has 2 aromatic carbocycles. The Morgan fingerprint density at radius 3 is 1.77 bits per heavy atom. The number of anilines is 4. The van der Waals surface area contributed by atoms with Gasteiger partial charge in [0.15, 0.2) is 0 Å². The van der Waals surface area contributed by atoms with Crippen molar-refractivity contribution in [3.8, 4) is 11.1 Å². The first-order chi connectivity index (χ1) is 33.3. The van der Waals surface area contributed by atoms with Crippen LogP contribution in [0.3, 0.4) is 0 Å². The first-order valence-electron chi connectivity index (χ1n) is 24.5. The van der Waals surface area contributed by atoms with E-state index in [0.29, 0.717) is 72.3 Å². The lowest BCUT2D eigenvalue weighted by Gasteiger charge is -2.16. The number of nitrogens with one attached hydrogen (secondary N) is 6. The van der Waals surface area contributed by atoms with Gasteiger partial charge in [0.1, 0.15) is 17.4 Å². The third kappa shape index (κ3) is 16.9. The molecule has 70 heavy (non-hydrogen) atoms. The van der Waals surface area contributed by atoms with Crippen LogP contribution in [0.5, 0.6) is 0 Å². The Balaban J connectivity index is 0.00000346. The van der Waals surface area contributed by atoms with E-state index in [2.05, 4.69) is 59.6 Å². The van der Waals surface area contributed by atoms with Crippen molar-refractivity contribution in [1.29, 1.82) is 0 Å². The van der Waals surface area contributed by atoms with Gasteiger partial charge in [0.25, 0.3) is 11.8 Å². The summed E-state index contributed by atoms with van der Waals surface area (Å²) in [4.78, 5) is 102. The van der Waals surface area contributed by atoms with Gasteiger partial charge in [-0.25, -0.2) is 0 Å². The van der Waals surface area contributed by atoms with Crippen LogP contribution < -0.4 is 31.9 Å². The summed E-state index contributed by atoms with van der Waals surface area (Å²) in [5, 5.41) is 16.5. The van der Waals surface area contributed by atoms with Crippen molar-refractivity contribution in [3.05, 3.63) is 84.4 Å². The van der Waals surface area contributed by atoms with Crippen LogP contribution in [-0.2, 0) is 42.9 Å². The molecule has 3 atom stereocenters. The predicted molar refractivity (Wildman–Crippen MR) is 274 cm³/mol. The van der Waals surface area contributed by atoms with Crippen molar-refractivity contribution in [1.82, 2.24) is 24.7 Å². The molecule has 0 aliphatic carbocycles. The number of carbonyl (C=O) groups excluding carboxylic acids is 8. The molecular weight excluding hydrogens is 891 g/mol. The van der Waals surface area contributed by atoms with Gasteiger partial charge in [-0.1, -0.05) is 79.4 Å². The van der Waals surface area contributed by atoms with Crippen LogP contribution in [0, 0.1) is 17.8 Å². The van der Waals surface area contributed by atoms with Crippen molar-refractivity contribution in [3.63, 3.8) is 0 Å². The number of unbranched alkanes of at least 4 members (excludes halogenated alkanes) is 2. The quantitative estimate of drug-likeness (QED) is 0.0313. The Bertz CT molecular complexity index is 2440. The van der Waals surface area contributed by atoms with E-state index in [9.17, 15) is 38.4 Å². The molecule has 3 heterocycles. The van der Waals surface area contributed by atoms with Gasteiger partial charge in [-0.2, -0.15) is 0 Å². The highest BCUT2D eigenvalue weighted by atomic mass is 16.2. The molecule has 3 unspecified atom stereocenters. The smallest absolute Gasteiger partial charge is 0.272 e. The van der Waals surface area contributed by atoms with E-state index in [-0.39, 0.29) is 66.7 Å². The minimum atomic E-state index is -0.908. The molecule has 2 aromatic heterocycles. The fourth-order valence-electron chi connectivity index (χ4n) is 7.69. The third-order valence-corrected chi connectivity index (χ3v) is 12.0. The maximum atomic E-state index is 13.3. The number of nitrogens with zero attached hydrogens (tertiary/aromatic N) is 3. The standard InChI is InChI=1S/C50H65N9O8.C3H8/c1-8-32(4)13-12-15-44(61)53-39-26-42(58(7)30-39)49(66)55-36-18-16-34(17-19-36)35-25-41(57(6)29-35)48(65)56-38-22-20-37(21-23-38)54-47(64)33(5)52-45(62)28-51-43(60)14-10-9-11-24-59-46(63)27-40(31(2)3)50(59)67;1-3-2/h16-23,25-26,29-33,40H,8-15,24,27-28H2,1-7H3,(H,51,60)(H,52,62)(H,53,61)(H,54,64)(H,55,66)(H,56,65);3H2,1-2H3. The molecule has 17 heteroatoms. The van der Waals surface area contributed by atoms with Gasteiger partial charge < -0.3 is 41.0 Å². The topological polar surface area (TPSA) is 222 Å². The summed E-state index contributed by atoms with van der Waals surface area (Å²) in [7, 11) is 3.51. The van der Waals surface area contributed by atoms with E-state index >= 15 is 0 Å². The lowest BCUT2D eigenvalue weighted by molar-refractivity contribution is -0.140. The SMILES string of the molecule is CCC.CCC(C)CCCC(=O)Nc1cc(C(=O)Nc2ccc(-c3cc(C(=O)Nc4ccc(NC(=O)C(C)NC(=O)CNC(=O)CCCCCN5C(=O)CC(C(C)C)C5=O)cc4)n(C)c3)cc2)n(C)c1. The summed E-state index contributed by atoms with van der Waals surface area (Å²) in [6.07, 6.45) is 10.3. The molecule has 0 saturated carbocycles. The summed E-state index contributed by atoms with van der Waals surface area (Å²) >= 11 is 0. The first-order valence-corrected chi connectivity index (χ1v) is 24.5. The highest BCUT2D eigenvalue weighted by Gasteiger charge is 2.39. The summed E-state index contributed by atoms with van der Waals surface area (Å²) in [5.41, 5.74) is 4.49. The molecule has 1 fully saturated rings. The van der Waals surface area contributed by atoms with Crippen molar-refractivity contribution >= 4 is 70.0 Å². The Hall–Kier alpha value is -7.04. The lowest BCUT2D eigenvalue weighted by atomic mass is 9.94. The molecule has 4 aromatic rings. The van der Waals surface area contributed by atoms with Gasteiger partial charge in [0, 0.05) is 80.8 Å². The van der Waals surface area contributed by atoms with Crippen molar-refractivity contribution in [2.45, 2.75) is 119 Å². The number of rotatable bonds is 23. The van der Waals surface area contributed by atoms with Crippen LogP contribution in [-0.4, -0.2) is 80.4 Å². The van der Waals surface area contributed by atoms with Crippen LogP contribution in [0.4, 0.5) is 22.7 Å². The van der Waals surface area contributed by atoms with Crippen LogP contribution in [0.1, 0.15) is 134 Å². The number of hydrogen-bond donors (Lipinski definition) is 6. The maximum Gasteiger partial charge on any atom is 0.272 e. The number of amides is 8. The van der Waals surface area contributed by atoms with Crippen LogP contribution in [0.2, 0.25) is 0 Å². The summed E-state index contributed by atoms with van der Waals surface area (Å²) in [6.45, 7) is 14.0. The first kappa shape index (κ1) is 55.6. The zero-order valence-electron chi connectivity index (χ0n) is 42.3. The fourth-order valence-corrected chi connectivity index (χ4v) is 7.69. The van der Waals surface area contributed by atoms with Gasteiger partial charge in [-0.15, -0.1) is 0 Å². The number of imide groups is 1. The van der Waals surface area contributed by atoms with E-state index in [0.717, 1.165) is 30.4 Å². The summed E-state index contributed by atoms with van der Waals surface area (Å²) in [5.74, 6) is -1.92. The van der Waals surface area contributed by atoms with Gasteiger partial charge >= 0.3 is 0 Å².